The topological polar surface area (TPSA) is 38.8 Å². The molecule has 0 spiro atoms. The van der Waals surface area contributed by atoms with E-state index in [-0.39, 0.29) is 11.3 Å². The van der Waals surface area contributed by atoms with Gasteiger partial charge in [-0.3, -0.25) is 4.79 Å². The third-order valence-electron chi connectivity index (χ3n) is 3.86. The van der Waals surface area contributed by atoms with E-state index >= 15 is 0 Å². The van der Waals surface area contributed by atoms with Crippen LogP contribution in [0.5, 0.6) is 11.5 Å². The lowest BCUT2D eigenvalue weighted by Crippen LogP contribution is -2.27. The van der Waals surface area contributed by atoms with E-state index in [9.17, 15) is 4.79 Å². The van der Waals surface area contributed by atoms with E-state index in [4.69, 9.17) is 9.47 Å². The first-order valence-electron chi connectivity index (χ1n) is 7.39. The van der Waals surface area contributed by atoms with Crippen LogP contribution >= 0.6 is 11.8 Å². The van der Waals surface area contributed by atoms with Crippen LogP contribution in [0.2, 0.25) is 0 Å². The van der Waals surface area contributed by atoms with Crippen LogP contribution in [-0.2, 0) is 11.3 Å². The SMILES string of the molecule is COc1ccc(C2SCC(=O)N2Cc2cccc(OC)c2)cc1. The molecule has 1 aliphatic heterocycles. The number of ether oxygens (including phenoxy) is 2. The van der Waals surface area contributed by atoms with Gasteiger partial charge in [0.05, 0.1) is 20.0 Å². The van der Waals surface area contributed by atoms with Crippen LogP contribution in [0.1, 0.15) is 16.5 Å². The lowest BCUT2D eigenvalue weighted by Gasteiger charge is -2.24. The summed E-state index contributed by atoms with van der Waals surface area (Å²) in [6.07, 6.45) is 0. The summed E-state index contributed by atoms with van der Waals surface area (Å²) >= 11 is 1.66. The number of methoxy groups -OCH3 is 2. The van der Waals surface area contributed by atoms with Crippen molar-refractivity contribution in [1.82, 2.24) is 4.90 Å². The third-order valence-corrected chi connectivity index (χ3v) is 5.11. The second-order valence-electron chi connectivity index (χ2n) is 5.31. The maximum Gasteiger partial charge on any atom is 0.234 e. The van der Waals surface area contributed by atoms with Crippen molar-refractivity contribution in [3.05, 3.63) is 59.7 Å². The molecular weight excluding hydrogens is 310 g/mol. The highest BCUT2D eigenvalue weighted by Crippen LogP contribution is 2.40. The van der Waals surface area contributed by atoms with Crippen molar-refractivity contribution < 1.29 is 14.3 Å². The number of carbonyl (C=O) groups excluding carboxylic acids is 1. The number of amides is 1. The third kappa shape index (κ3) is 3.45. The van der Waals surface area contributed by atoms with E-state index in [2.05, 4.69) is 0 Å². The number of hydrogen-bond acceptors (Lipinski definition) is 4. The first-order valence-corrected chi connectivity index (χ1v) is 8.44. The predicted octanol–water partition coefficient (Wildman–Crippen LogP) is 3.48. The molecule has 1 heterocycles. The zero-order valence-corrected chi connectivity index (χ0v) is 14.0. The highest BCUT2D eigenvalue weighted by Gasteiger charge is 2.32. The molecule has 0 bridgehead atoms. The number of thioether (sulfide) groups is 1. The van der Waals surface area contributed by atoms with Crippen LogP contribution in [0, 0.1) is 0 Å². The maximum absolute atomic E-state index is 12.3. The van der Waals surface area contributed by atoms with Gasteiger partial charge in [-0.1, -0.05) is 24.3 Å². The Morgan fingerprint density at radius 3 is 2.52 bits per heavy atom. The Morgan fingerprint density at radius 2 is 1.83 bits per heavy atom. The molecule has 23 heavy (non-hydrogen) atoms. The van der Waals surface area contributed by atoms with Gasteiger partial charge in [0.1, 0.15) is 16.9 Å². The number of benzene rings is 2. The Morgan fingerprint density at radius 1 is 1.09 bits per heavy atom. The minimum Gasteiger partial charge on any atom is -0.497 e. The van der Waals surface area contributed by atoms with Crippen molar-refractivity contribution in [2.75, 3.05) is 20.0 Å². The summed E-state index contributed by atoms with van der Waals surface area (Å²) in [5.41, 5.74) is 2.18. The predicted molar refractivity (Wildman–Crippen MR) is 91.7 cm³/mol. The van der Waals surface area contributed by atoms with Crippen molar-refractivity contribution in [1.29, 1.82) is 0 Å². The van der Waals surface area contributed by atoms with Crippen LogP contribution in [0.25, 0.3) is 0 Å². The summed E-state index contributed by atoms with van der Waals surface area (Å²) < 4.78 is 10.5. The molecule has 2 aromatic carbocycles. The van der Waals surface area contributed by atoms with Crippen LogP contribution in [-0.4, -0.2) is 30.8 Å². The lowest BCUT2D eigenvalue weighted by molar-refractivity contribution is -0.128. The van der Waals surface area contributed by atoms with Crippen LogP contribution < -0.4 is 9.47 Å². The van der Waals surface area contributed by atoms with Gasteiger partial charge in [-0.15, -0.1) is 11.8 Å². The molecule has 1 amide bonds. The molecule has 1 saturated heterocycles. The molecule has 0 saturated carbocycles. The molecule has 120 valence electrons. The van der Waals surface area contributed by atoms with Crippen LogP contribution in [0.15, 0.2) is 48.5 Å². The number of rotatable bonds is 5. The highest BCUT2D eigenvalue weighted by atomic mass is 32.2. The van der Waals surface area contributed by atoms with Crippen molar-refractivity contribution >= 4 is 17.7 Å². The van der Waals surface area contributed by atoms with Gasteiger partial charge in [-0.2, -0.15) is 0 Å². The van der Waals surface area contributed by atoms with Crippen molar-refractivity contribution in [2.45, 2.75) is 11.9 Å². The van der Waals surface area contributed by atoms with Crippen molar-refractivity contribution in [2.24, 2.45) is 0 Å². The summed E-state index contributed by atoms with van der Waals surface area (Å²) in [5, 5.41) is 0.0413. The monoisotopic (exact) mass is 329 g/mol. The van der Waals surface area contributed by atoms with Gasteiger partial charge in [0.25, 0.3) is 0 Å². The summed E-state index contributed by atoms with van der Waals surface area (Å²) in [4.78, 5) is 14.2. The summed E-state index contributed by atoms with van der Waals surface area (Å²) in [6, 6.07) is 15.8. The standard InChI is InChI=1S/C18H19NO3S/c1-21-15-8-6-14(7-9-15)18-19(17(20)12-23-18)11-13-4-3-5-16(10-13)22-2/h3-10,18H,11-12H2,1-2H3. The Labute approximate surface area is 140 Å². The molecular formula is C18H19NO3S. The number of nitrogens with zero attached hydrogens (tertiary/aromatic N) is 1. The summed E-state index contributed by atoms with van der Waals surface area (Å²) in [6.45, 7) is 0.583. The van der Waals surface area contributed by atoms with Gasteiger partial charge in [0, 0.05) is 6.54 Å². The highest BCUT2D eigenvalue weighted by molar-refractivity contribution is 8.00. The molecule has 0 N–H and O–H groups in total. The fraction of sp³-hybridized carbons (Fsp3) is 0.278. The second kappa shape index (κ2) is 6.96. The zero-order valence-electron chi connectivity index (χ0n) is 13.2. The Balaban J connectivity index is 1.81. The quantitative estimate of drug-likeness (QED) is 0.842. The average molecular weight is 329 g/mol. The molecule has 1 fully saturated rings. The van der Waals surface area contributed by atoms with Gasteiger partial charge >= 0.3 is 0 Å². The van der Waals surface area contributed by atoms with Crippen LogP contribution in [0.4, 0.5) is 0 Å². The van der Waals surface area contributed by atoms with Crippen molar-refractivity contribution in [3.63, 3.8) is 0 Å². The normalized spacial score (nSPS) is 17.4. The fourth-order valence-corrected chi connectivity index (χ4v) is 3.83. The lowest BCUT2D eigenvalue weighted by atomic mass is 10.1. The summed E-state index contributed by atoms with van der Waals surface area (Å²) in [5.74, 6) is 2.31. The minimum atomic E-state index is 0.0413. The Kier molecular flexibility index (Phi) is 4.76. The first-order chi connectivity index (χ1) is 11.2. The Hall–Kier alpha value is -2.14. The molecule has 5 heteroatoms. The molecule has 1 unspecified atom stereocenters. The van der Waals surface area contributed by atoms with E-state index in [1.54, 1.807) is 26.0 Å². The van der Waals surface area contributed by atoms with Gasteiger partial charge < -0.3 is 14.4 Å². The molecule has 2 aromatic rings. The molecule has 0 aliphatic carbocycles. The number of hydrogen-bond donors (Lipinski definition) is 0. The minimum absolute atomic E-state index is 0.0413. The molecule has 0 aromatic heterocycles. The largest absolute Gasteiger partial charge is 0.497 e. The number of carbonyl (C=O) groups is 1. The van der Waals surface area contributed by atoms with E-state index in [0.29, 0.717) is 12.3 Å². The van der Waals surface area contributed by atoms with Gasteiger partial charge in [-0.25, -0.2) is 0 Å². The second-order valence-corrected chi connectivity index (χ2v) is 6.38. The molecule has 0 radical (unpaired) electrons. The van der Waals surface area contributed by atoms with Gasteiger partial charge in [0.15, 0.2) is 0 Å². The van der Waals surface area contributed by atoms with Gasteiger partial charge in [-0.05, 0) is 35.4 Å². The zero-order chi connectivity index (χ0) is 16.2. The summed E-state index contributed by atoms with van der Waals surface area (Å²) in [7, 11) is 3.30. The molecule has 1 aliphatic rings. The van der Waals surface area contributed by atoms with Gasteiger partial charge in [0.2, 0.25) is 5.91 Å². The van der Waals surface area contributed by atoms with E-state index in [1.165, 1.54) is 0 Å². The van der Waals surface area contributed by atoms with E-state index in [1.807, 2.05) is 53.4 Å². The molecule has 4 nitrogen and oxygen atoms in total. The smallest absolute Gasteiger partial charge is 0.234 e. The van der Waals surface area contributed by atoms with Crippen molar-refractivity contribution in [3.8, 4) is 11.5 Å². The van der Waals surface area contributed by atoms with E-state index < -0.39 is 0 Å². The van der Waals surface area contributed by atoms with Crippen LogP contribution in [0.3, 0.4) is 0 Å². The average Bonchev–Trinajstić information content (AvgIpc) is 2.96. The molecule has 1 atom stereocenters. The molecule has 3 rings (SSSR count). The first kappa shape index (κ1) is 15.7. The fourth-order valence-electron chi connectivity index (χ4n) is 2.64. The maximum atomic E-state index is 12.3. The van der Waals surface area contributed by atoms with E-state index in [0.717, 1.165) is 22.6 Å². The Bertz CT molecular complexity index is 687.